The summed E-state index contributed by atoms with van der Waals surface area (Å²) in [6.07, 6.45) is 2.28. The minimum Gasteiger partial charge on any atom is -0.392 e. The zero-order chi connectivity index (χ0) is 23.0. The minimum absolute atomic E-state index is 0.0227. The van der Waals surface area contributed by atoms with Crippen molar-refractivity contribution in [3.05, 3.63) is 70.2 Å². The monoisotopic (exact) mass is 462 g/mol. The number of benzene rings is 2. The van der Waals surface area contributed by atoms with E-state index in [1.54, 1.807) is 11.3 Å². The molecule has 1 saturated heterocycles. The van der Waals surface area contributed by atoms with Gasteiger partial charge in [-0.15, -0.1) is 0 Å². The number of carbonyl (C=O) groups excluding carboxylic acids is 1. The zero-order valence-corrected chi connectivity index (χ0v) is 20.0. The maximum absolute atomic E-state index is 12.7. The molecule has 3 aromatic rings. The van der Waals surface area contributed by atoms with Crippen LogP contribution in [0.3, 0.4) is 0 Å². The molecule has 0 amide bonds. The number of morpholine rings is 1. The number of thiazole rings is 1. The average Bonchev–Trinajstić information content (AvgIpc) is 3.22. The van der Waals surface area contributed by atoms with E-state index in [0.717, 1.165) is 51.8 Å². The van der Waals surface area contributed by atoms with Gasteiger partial charge in [0, 0.05) is 13.0 Å². The van der Waals surface area contributed by atoms with Gasteiger partial charge in [-0.3, -0.25) is 4.79 Å². The van der Waals surface area contributed by atoms with Crippen LogP contribution in [-0.2, 0) is 24.2 Å². The van der Waals surface area contributed by atoms with Gasteiger partial charge in [0.25, 0.3) is 0 Å². The molecule has 2 aromatic carbocycles. The predicted molar refractivity (Wildman–Crippen MR) is 132 cm³/mol. The summed E-state index contributed by atoms with van der Waals surface area (Å²) in [4.78, 5) is 20.8. The number of ketones is 1. The fraction of sp³-hybridized carbons (Fsp3) is 0.407. The Morgan fingerprint density at radius 3 is 2.88 bits per heavy atom. The Bertz CT molecular complexity index is 1170. The van der Waals surface area contributed by atoms with Crippen LogP contribution in [-0.4, -0.2) is 41.7 Å². The summed E-state index contributed by atoms with van der Waals surface area (Å²) in [5, 5.41) is 10.7. The van der Waals surface area contributed by atoms with Gasteiger partial charge < -0.3 is 14.7 Å². The van der Waals surface area contributed by atoms with Crippen LogP contribution in [0, 0.1) is 5.41 Å². The van der Waals surface area contributed by atoms with Crippen molar-refractivity contribution in [2.24, 2.45) is 5.41 Å². The van der Waals surface area contributed by atoms with Crippen molar-refractivity contribution in [3.63, 3.8) is 0 Å². The summed E-state index contributed by atoms with van der Waals surface area (Å²) < 4.78 is 5.85. The summed E-state index contributed by atoms with van der Waals surface area (Å²) in [5.41, 5.74) is 5.26. The largest absolute Gasteiger partial charge is 0.392 e. The molecule has 1 N–H and O–H groups in total. The third-order valence-corrected chi connectivity index (χ3v) is 7.77. The quantitative estimate of drug-likeness (QED) is 0.584. The molecule has 1 atom stereocenters. The maximum Gasteiger partial charge on any atom is 0.186 e. The number of fused-ring (bicyclic) bond motifs is 1. The van der Waals surface area contributed by atoms with Gasteiger partial charge in [-0.2, -0.15) is 0 Å². The second kappa shape index (κ2) is 9.01. The molecule has 1 fully saturated rings. The normalized spacial score (nSPS) is 20.0. The van der Waals surface area contributed by atoms with Gasteiger partial charge in [0.2, 0.25) is 0 Å². The highest BCUT2D eigenvalue weighted by molar-refractivity contribution is 7.17. The number of ether oxygens (including phenoxy) is 1. The summed E-state index contributed by atoms with van der Waals surface area (Å²) in [6.45, 7) is 6.40. The molecule has 1 aromatic heterocycles. The number of aliphatic hydroxyl groups is 1. The van der Waals surface area contributed by atoms with Gasteiger partial charge in [-0.1, -0.05) is 73.7 Å². The molecule has 2 aliphatic rings. The Morgan fingerprint density at radius 2 is 2.03 bits per heavy atom. The van der Waals surface area contributed by atoms with Gasteiger partial charge in [0.15, 0.2) is 10.9 Å². The van der Waals surface area contributed by atoms with E-state index in [9.17, 15) is 9.90 Å². The van der Waals surface area contributed by atoms with Crippen LogP contribution in [0.15, 0.2) is 48.5 Å². The van der Waals surface area contributed by atoms with Gasteiger partial charge in [0.05, 0.1) is 36.4 Å². The van der Waals surface area contributed by atoms with Crippen LogP contribution in [0.25, 0.3) is 11.1 Å². The van der Waals surface area contributed by atoms with E-state index in [4.69, 9.17) is 9.72 Å². The number of hydrogen-bond donors (Lipinski definition) is 1. The Hall–Kier alpha value is -2.54. The first-order chi connectivity index (χ1) is 15.9. The summed E-state index contributed by atoms with van der Waals surface area (Å²) in [5.74, 6) is 0.227. The lowest BCUT2D eigenvalue weighted by Crippen LogP contribution is -2.46. The molecule has 5 rings (SSSR count). The third-order valence-electron chi connectivity index (χ3n) is 6.59. The van der Waals surface area contributed by atoms with Crippen LogP contribution in [0.1, 0.15) is 46.8 Å². The van der Waals surface area contributed by atoms with Crippen LogP contribution in [0.5, 0.6) is 0 Å². The number of carbonyl (C=O) groups is 1. The molecule has 1 aliphatic carbocycles. The molecule has 6 heteroatoms. The fourth-order valence-electron chi connectivity index (χ4n) is 4.98. The van der Waals surface area contributed by atoms with Crippen LogP contribution in [0.2, 0.25) is 0 Å². The van der Waals surface area contributed by atoms with E-state index < -0.39 is 0 Å². The van der Waals surface area contributed by atoms with Crippen LogP contribution in [0.4, 0.5) is 5.13 Å². The lowest BCUT2D eigenvalue weighted by molar-refractivity contribution is 0.0915. The number of hydrogen-bond acceptors (Lipinski definition) is 6. The fourth-order valence-corrected chi connectivity index (χ4v) is 6.10. The van der Waals surface area contributed by atoms with E-state index in [2.05, 4.69) is 49.1 Å². The van der Waals surface area contributed by atoms with Crippen molar-refractivity contribution in [2.45, 2.75) is 45.8 Å². The highest BCUT2D eigenvalue weighted by Crippen LogP contribution is 2.40. The molecule has 1 aliphatic heterocycles. The van der Waals surface area contributed by atoms with Gasteiger partial charge in [0.1, 0.15) is 0 Å². The zero-order valence-electron chi connectivity index (χ0n) is 19.2. The lowest BCUT2D eigenvalue weighted by atomic mass is 9.78. The van der Waals surface area contributed by atoms with E-state index in [1.807, 2.05) is 18.2 Å². The first-order valence-electron chi connectivity index (χ1n) is 11.6. The van der Waals surface area contributed by atoms with Gasteiger partial charge in [-0.05, 0) is 40.5 Å². The first kappa shape index (κ1) is 22.3. The number of nitrogens with zero attached hydrogens (tertiary/aromatic N) is 2. The molecule has 5 nitrogen and oxygen atoms in total. The molecule has 0 radical (unpaired) electrons. The van der Waals surface area contributed by atoms with Gasteiger partial charge >= 0.3 is 0 Å². The number of rotatable bonds is 5. The SMILES string of the molecule is CC1(C)CC(=O)c2sc(N3CCOC[C@@H]3Cc3cccc(-c4ccccc4CO)c3)nc2C1. The lowest BCUT2D eigenvalue weighted by Gasteiger charge is -2.35. The van der Waals surface area contributed by atoms with Crippen molar-refractivity contribution >= 4 is 22.3 Å². The Balaban J connectivity index is 1.40. The third kappa shape index (κ3) is 4.60. The van der Waals surface area contributed by atoms with Crippen LogP contribution >= 0.6 is 11.3 Å². The van der Waals surface area contributed by atoms with Gasteiger partial charge in [-0.25, -0.2) is 4.98 Å². The molecule has 2 heterocycles. The standard InChI is InChI=1S/C27H30N2O3S/c1-27(2)14-23-25(24(31)15-27)33-26(28-23)29-10-11-32-17-21(29)13-18-6-5-8-19(12-18)22-9-4-3-7-20(22)16-30/h3-9,12,21,30H,10-11,13-17H2,1-2H3/t21-/m0/s1. The first-order valence-corrected chi connectivity index (χ1v) is 12.4. The summed E-state index contributed by atoms with van der Waals surface area (Å²) in [6, 6.07) is 16.7. The summed E-state index contributed by atoms with van der Waals surface area (Å²) in [7, 11) is 0. The highest BCUT2D eigenvalue weighted by Gasteiger charge is 2.36. The van der Waals surface area contributed by atoms with E-state index in [0.29, 0.717) is 19.6 Å². The van der Waals surface area contributed by atoms with Crippen LogP contribution < -0.4 is 4.90 Å². The van der Waals surface area contributed by atoms with E-state index in [1.165, 1.54) is 5.56 Å². The second-order valence-corrected chi connectivity index (χ2v) is 10.8. The summed E-state index contributed by atoms with van der Waals surface area (Å²) >= 11 is 1.55. The van der Waals surface area contributed by atoms with Crippen molar-refractivity contribution in [3.8, 4) is 11.1 Å². The Morgan fingerprint density at radius 1 is 1.18 bits per heavy atom. The molecule has 172 valence electrons. The molecule has 0 bridgehead atoms. The number of anilines is 1. The predicted octanol–water partition coefficient (Wildman–Crippen LogP) is 4.91. The number of aromatic nitrogens is 1. The molecular formula is C27H30N2O3S. The molecule has 0 saturated carbocycles. The van der Waals surface area contributed by atoms with E-state index >= 15 is 0 Å². The molecular weight excluding hydrogens is 432 g/mol. The minimum atomic E-state index is -0.0227. The Kier molecular flexibility index (Phi) is 6.08. The van der Waals surface area contributed by atoms with Crippen molar-refractivity contribution in [1.82, 2.24) is 4.98 Å². The number of Topliss-reactive ketones (excluding diaryl/α,β-unsaturated/α-hetero) is 1. The highest BCUT2D eigenvalue weighted by atomic mass is 32.1. The topological polar surface area (TPSA) is 62.7 Å². The smallest absolute Gasteiger partial charge is 0.186 e. The molecule has 0 spiro atoms. The Labute approximate surface area is 199 Å². The average molecular weight is 463 g/mol. The molecule has 0 unspecified atom stereocenters. The van der Waals surface area contributed by atoms with Crippen molar-refractivity contribution < 1.29 is 14.6 Å². The van der Waals surface area contributed by atoms with E-state index in [-0.39, 0.29) is 23.8 Å². The van der Waals surface area contributed by atoms with Crippen molar-refractivity contribution in [1.29, 1.82) is 0 Å². The molecule has 33 heavy (non-hydrogen) atoms. The second-order valence-electron chi connectivity index (χ2n) is 9.86. The number of aliphatic hydroxyl groups excluding tert-OH is 1. The van der Waals surface area contributed by atoms with Crippen molar-refractivity contribution in [2.75, 3.05) is 24.7 Å². The maximum atomic E-state index is 12.7.